The summed E-state index contributed by atoms with van der Waals surface area (Å²) >= 11 is 0. The van der Waals surface area contributed by atoms with Crippen molar-refractivity contribution in [1.82, 2.24) is 5.32 Å². The van der Waals surface area contributed by atoms with Crippen LogP contribution in [0.3, 0.4) is 0 Å². The molecule has 1 aliphatic heterocycles. The largest absolute Gasteiger partial charge is 0.454 e. The zero-order valence-corrected chi connectivity index (χ0v) is 9.95. The molecule has 4 nitrogen and oxygen atoms in total. The van der Waals surface area contributed by atoms with Crippen LogP contribution in [-0.4, -0.2) is 31.6 Å². The molecule has 0 aliphatic carbocycles. The van der Waals surface area contributed by atoms with Crippen LogP contribution in [0.25, 0.3) is 0 Å². The molecule has 0 aromatic heterocycles. The summed E-state index contributed by atoms with van der Waals surface area (Å²) in [6, 6.07) is 6.07. The van der Waals surface area contributed by atoms with Crippen LogP contribution in [0.4, 0.5) is 0 Å². The first-order valence-corrected chi connectivity index (χ1v) is 6.10. The molecule has 17 heavy (non-hydrogen) atoms. The normalized spacial score (nSPS) is 13.0. The number of hydrogen-bond donors (Lipinski definition) is 2. The molecular weight excluding hydrogens is 218 g/mol. The van der Waals surface area contributed by atoms with Gasteiger partial charge in [-0.15, -0.1) is 0 Å². The molecule has 1 heterocycles. The number of aliphatic hydroxyl groups excluding tert-OH is 1. The third kappa shape index (κ3) is 3.61. The lowest BCUT2D eigenvalue weighted by Gasteiger charge is -2.05. The van der Waals surface area contributed by atoms with Gasteiger partial charge >= 0.3 is 0 Å². The van der Waals surface area contributed by atoms with Gasteiger partial charge in [-0.05, 0) is 50.0 Å². The molecule has 2 N–H and O–H groups in total. The lowest BCUT2D eigenvalue weighted by molar-refractivity contribution is 0.174. The monoisotopic (exact) mass is 237 g/mol. The number of nitrogens with one attached hydrogen (secondary N) is 1. The minimum Gasteiger partial charge on any atom is -0.454 e. The van der Waals surface area contributed by atoms with Gasteiger partial charge in [0, 0.05) is 6.61 Å². The fraction of sp³-hybridized carbons (Fsp3) is 0.538. The maximum Gasteiger partial charge on any atom is 0.231 e. The highest BCUT2D eigenvalue weighted by molar-refractivity contribution is 5.44. The molecule has 2 rings (SSSR count). The zero-order chi connectivity index (χ0) is 11.9. The molecule has 0 radical (unpaired) electrons. The van der Waals surface area contributed by atoms with Crippen molar-refractivity contribution >= 4 is 0 Å². The average Bonchev–Trinajstić information content (AvgIpc) is 2.81. The van der Waals surface area contributed by atoms with Gasteiger partial charge < -0.3 is 19.9 Å². The van der Waals surface area contributed by atoms with Gasteiger partial charge in [-0.1, -0.05) is 6.07 Å². The molecule has 1 aliphatic rings. The van der Waals surface area contributed by atoms with Gasteiger partial charge in [0.1, 0.15) is 0 Å². The van der Waals surface area contributed by atoms with E-state index in [1.807, 2.05) is 12.1 Å². The Morgan fingerprint density at radius 3 is 2.88 bits per heavy atom. The molecule has 0 bridgehead atoms. The summed E-state index contributed by atoms with van der Waals surface area (Å²) in [5.41, 5.74) is 1.25. The van der Waals surface area contributed by atoms with E-state index in [9.17, 15) is 0 Å². The second-order valence-corrected chi connectivity index (χ2v) is 4.12. The van der Waals surface area contributed by atoms with Crippen LogP contribution in [0.1, 0.15) is 18.4 Å². The summed E-state index contributed by atoms with van der Waals surface area (Å²) < 4.78 is 10.6. The van der Waals surface area contributed by atoms with Crippen molar-refractivity contribution in [3.8, 4) is 11.5 Å². The Morgan fingerprint density at radius 2 is 2.00 bits per heavy atom. The SMILES string of the molecule is OCCCCNCCc1ccc2c(c1)OCO2. The molecule has 0 saturated carbocycles. The Hall–Kier alpha value is -1.26. The van der Waals surface area contributed by atoms with E-state index in [2.05, 4.69) is 11.4 Å². The van der Waals surface area contributed by atoms with E-state index >= 15 is 0 Å². The highest BCUT2D eigenvalue weighted by atomic mass is 16.7. The molecular formula is C13H19NO3. The highest BCUT2D eigenvalue weighted by Crippen LogP contribution is 2.32. The standard InChI is InChI=1S/C13H19NO3/c15-8-2-1-6-14-7-5-11-3-4-12-13(9-11)17-10-16-12/h3-4,9,14-15H,1-2,5-8,10H2. The van der Waals surface area contributed by atoms with E-state index in [1.54, 1.807) is 0 Å². The topological polar surface area (TPSA) is 50.7 Å². The fourth-order valence-corrected chi connectivity index (χ4v) is 1.82. The molecule has 1 aromatic rings. The maximum absolute atomic E-state index is 8.64. The number of rotatable bonds is 7. The van der Waals surface area contributed by atoms with Gasteiger partial charge in [0.25, 0.3) is 0 Å². The number of unbranched alkanes of at least 4 members (excludes halogenated alkanes) is 1. The zero-order valence-electron chi connectivity index (χ0n) is 9.95. The Bertz CT molecular complexity index is 355. The first-order chi connectivity index (χ1) is 8.40. The van der Waals surface area contributed by atoms with Gasteiger partial charge in [-0.2, -0.15) is 0 Å². The van der Waals surface area contributed by atoms with Crippen LogP contribution in [0.15, 0.2) is 18.2 Å². The molecule has 94 valence electrons. The van der Waals surface area contributed by atoms with Crippen LogP contribution in [0.5, 0.6) is 11.5 Å². The quantitative estimate of drug-likeness (QED) is 0.702. The van der Waals surface area contributed by atoms with Crippen LogP contribution in [-0.2, 0) is 6.42 Å². The van der Waals surface area contributed by atoms with Crippen LogP contribution < -0.4 is 14.8 Å². The predicted molar refractivity (Wildman–Crippen MR) is 65.5 cm³/mol. The summed E-state index contributed by atoms with van der Waals surface area (Å²) in [4.78, 5) is 0. The van der Waals surface area contributed by atoms with Crippen LogP contribution in [0, 0.1) is 0 Å². The molecule has 4 heteroatoms. The summed E-state index contributed by atoms with van der Waals surface area (Å²) in [6.45, 7) is 2.53. The summed E-state index contributed by atoms with van der Waals surface area (Å²) in [6.07, 6.45) is 2.88. The first kappa shape index (κ1) is 12.2. The summed E-state index contributed by atoms with van der Waals surface area (Å²) in [7, 11) is 0. The number of ether oxygens (including phenoxy) is 2. The second-order valence-electron chi connectivity index (χ2n) is 4.12. The number of benzene rings is 1. The van der Waals surface area contributed by atoms with Gasteiger partial charge in [0.2, 0.25) is 6.79 Å². The van der Waals surface area contributed by atoms with Crippen molar-refractivity contribution < 1.29 is 14.6 Å². The van der Waals surface area contributed by atoms with Crippen molar-refractivity contribution in [3.05, 3.63) is 23.8 Å². The van der Waals surface area contributed by atoms with Crippen molar-refractivity contribution in [2.45, 2.75) is 19.3 Å². The van der Waals surface area contributed by atoms with Gasteiger partial charge in [0.05, 0.1) is 0 Å². The minimum absolute atomic E-state index is 0.282. The van der Waals surface area contributed by atoms with Crippen molar-refractivity contribution in [2.75, 3.05) is 26.5 Å². The van der Waals surface area contributed by atoms with E-state index in [4.69, 9.17) is 14.6 Å². The molecule has 0 saturated heterocycles. The Kier molecular flexibility index (Phi) is 4.64. The first-order valence-electron chi connectivity index (χ1n) is 6.10. The Balaban J connectivity index is 1.69. The molecule has 0 unspecified atom stereocenters. The minimum atomic E-state index is 0.282. The lowest BCUT2D eigenvalue weighted by atomic mass is 10.1. The van der Waals surface area contributed by atoms with E-state index in [1.165, 1.54) is 5.56 Å². The van der Waals surface area contributed by atoms with E-state index < -0.39 is 0 Å². The number of aliphatic hydroxyl groups is 1. The highest BCUT2D eigenvalue weighted by Gasteiger charge is 2.12. The number of fused-ring (bicyclic) bond motifs is 1. The third-order valence-corrected chi connectivity index (χ3v) is 2.79. The fourth-order valence-electron chi connectivity index (χ4n) is 1.82. The molecule has 0 fully saturated rings. The second kappa shape index (κ2) is 6.47. The number of hydrogen-bond acceptors (Lipinski definition) is 4. The Labute approximate surface area is 102 Å². The van der Waals surface area contributed by atoms with E-state index in [-0.39, 0.29) is 6.61 Å². The van der Waals surface area contributed by atoms with E-state index in [0.29, 0.717) is 6.79 Å². The van der Waals surface area contributed by atoms with Gasteiger partial charge in [-0.3, -0.25) is 0 Å². The van der Waals surface area contributed by atoms with Crippen molar-refractivity contribution in [1.29, 1.82) is 0 Å². The smallest absolute Gasteiger partial charge is 0.231 e. The Morgan fingerprint density at radius 1 is 1.12 bits per heavy atom. The van der Waals surface area contributed by atoms with Crippen molar-refractivity contribution in [2.24, 2.45) is 0 Å². The van der Waals surface area contributed by atoms with Crippen molar-refractivity contribution in [3.63, 3.8) is 0 Å². The maximum atomic E-state index is 8.64. The summed E-state index contributed by atoms with van der Waals surface area (Å²) in [5, 5.41) is 12.0. The molecule has 1 aromatic carbocycles. The van der Waals surface area contributed by atoms with Crippen LogP contribution >= 0.6 is 0 Å². The third-order valence-electron chi connectivity index (χ3n) is 2.79. The van der Waals surface area contributed by atoms with Gasteiger partial charge in [0.15, 0.2) is 11.5 Å². The predicted octanol–water partition coefficient (Wildman–Crippen LogP) is 1.32. The average molecular weight is 237 g/mol. The molecule has 0 spiro atoms. The summed E-state index contributed by atoms with van der Waals surface area (Å²) in [5.74, 6) is 1.69. The van der Waals surface area contributed by atoms with Gasteiger partial charge in [-0.25, -0.2) is 0 Å². The lowest BCUT2D eigenvalue weighted by Crippen LogP contribution is -2.18. The molecule has 0 amide bonds. The van der Waals surface area contributed by atoms with Crippen LogP contribution in [0.2, 0.25) is 0 Å². The molecule has 0 atom stereocenters. The van der Waals surface area contributed by atoms with E-state index in [0.717, 1.165) is 43.9 Å².